The second-order valence-corrected chi connectivity index (χ2v) is 5.16. The molecule has 1 N–H and O–H groups in total. The number of aromatic nitrogens is 2. The number of nitriles is 1. The molecule has 0 saturated carbocycles. The molecule has 0 aliphatic heterocycles. The van der Waals surface area contributed by atoms with E-state index in [0.717, 1.165) is 0 Å². The lowest BCUT2D eigenvalue weighted by molar-refractivity contribution is -0.384. The molecule has 1 aromatic heterocycles. The first-order valence-corrected chi connectivity index (χ1v) is 7.29. The van der Waals surface area contributed by atoms with Crippen molar-refractivity contribution >= 4 is 17.4 Å². The summed E-state index contributed by atoms with van der Waals surface area (Å²) in [5.74, 6) is -0.888. The molecule has 8 nitrogen and oxygen atoms in total. The van der Waals surface area contributed by atoms with E-state index >= 15 is 0 Å². The van der Waals surface area contributed by atoms with Crippen molar-refractivity contribution in [1.82, 2.24) is 9.78 Å². The number of amides is 1. The van der Waals surface area contributed by atoms with Crippen LogP contribution in [-0.2, 0) is 0 Å². The average molecular weight is 351 g/mol. The monoisotopic (exact) mass is 351 g/mol. The molecule has 0 atom stereocenters. The van der Waals surface area contributed by atoms with E-state index in [-0.39, 0.29) is 22.6 Å². The van der Waals surface area contributed by atoms with E-state index in [2.05, 4.69) is 10.4 Å². The fourth-order valence-electron chi connectivity index (χ4n) is 2.24. The average Bonchev–Trinajstić information content (AvgIpc) is 3.05. The second-order valence-electron chi connectivity index (χ2n) is 5.16. The van der Waals surface area contributed by atoms with E-state index < -0.39 is 16.6 Å². The van der Waals surface area contributed by atoms with Crippen molar-refractivity contribution in [2.75, 3.05) is 5.32 Å². The van der Waals surface area contributed by atoms with Crippen LogP contribution in [0.25, 0.3) is 5.69 Å². The summed E-state index contributed by atoms with van der Waals surface area (Å²) in [6.45, 7) is 0. The standard InChI is InChI=1S/C17H10FN5O3/c18-13-3-7-14(8-4-13)22-16(12(9-19)10-20-22)21-17(24)11-1-5-15(6-2-11)23(25)26/h1-8,10H,(H,21,24). The van der Waals surface area contributed by atoms with Crippen LogP contribution in [0.1, 0.15) is 15.9 Å². The maximum Gasteiger partial charge on any atom is 0.269 e. The summed E-state index contributed by atoms with van der Waals surface area (Å²) in [7, 11) is 0. The number of nitrogens with zero attached hydrogens (tertiary/aromatic N) is 4. The van der Waals surface area contributed by atoms with Crippen molar-refractivity contribution in [2.45, 2.75) is 0 Å². The van der Waals surface area contributed by atoms with Crippen molar-refractivity contribution in [2.24, 2.45) is 0 Å². The molecular formula is C17H10FN5O3. The van der Waals surface area contributed by atoms with Gasteiger partial charge in [-0.2, -0.15) is 10.4 Å². The quantitative estimate of drug-likeness (QED) is 0.573. The van der Waals surface area contributed by atoms with Crippen molar-refractivity contribution in [1.29, 1.82) is 5.26 Å². The third kappa shape index (κ3) is 3.25. The zero-order valence-electron chi connectivity index (χ0n) is 13.1. The van der Waals surface area contributed by atoms with Crippen LogP contribution >= 0.6 is 0 Å². The highest BCUT2D eigenvalue weighted by Gasteiger charge is 2.17. The third-order valence-corrected chi connectivity index (χ3v) is 3.53. The van der Waals surface area contributed by atoms with Crippen LogP contribution in [0.5, 0.6) is 0 Å². The SMILES string of the molecule is N#Cc1cnn(-c2ccc(F)cc2)c1NC(=O)c1ccc([N+](=O)[O-])cc1. The number of non-ortho nitro benzene ring substituents is 1. The zero-order valence-corrected chi connectivity index (χ0v) is 13.1. The van der Waals surface area contributed by atoms with Crippen molar-refractivity contribution in [3.05, 3.63) is 81.8 Å². The maximum absolute atomic E-state index is 13.1. The highest BCUT2D eigenvalue weighted by Crippen LogP contribution is 2.21. The minimum absolute atomic E-state index is 0.113. The third-order valence-electron chi connectivity index (χ3n) is 3.53. The predicted octanol–water partition coefficient (Wildman–Crippen LogP) is 3.04. The number of nitro groups is 1. The van der Waals surface area contributed by atoms with Gasteiger partial charge in [-0.15, -0.1) is 0 Å². The topological polar surface area (TPSA) is 114 Å². The minimum atomic E-state index is -0.570. The Kier molecular flexibility index (Phi) is 4.40. The molecule has 26 heavy (non-hydrogen) atoms. The number of hydrogen-bond donors (Lipinski definition) is 1. The van der Waals surface area contributed by atoms with Gasteiger partial charge in [0.15, 0.2) is 5.82 Å². The van der Waals surface area contributed by atoms with Crippen LogP contribution in [0.3, 0.4) is 0 Å². The number of halogens is 1. The molecule has 0 radical (unpaired) electrons. The molecule has 1 amide bonds. The first-order chi connectivity index (χ1) is 12.5. The molecular weight excluding hydrogens is 341 g/mol. The van der Waals surface area contributed by atoms with Gasteiger partial charge in [0.25, 0.3) is 11.6 Å². The van der Waals surface area contributed by atoms with E-state index in [1.165, 1.54) is 59.4 Å². The molecule has 0 saturated heterocycles. The molecule has 1 heterocycles. The number of rotatable bonds is 4. The number of anilines is 1. The largest absolute Gasteiger partial charge is 0.305 e. The molecule has 9 heteroatoms. The molecule has 2 aromatic carbocycles. The Bertz CT molecular complexity index is 1020. The summed E-state index contributed by atoms with van der Waals surface area (Å²) in [5.41, 5.74) is 0.596. The first-order valence-electron chi connectivity index (χ1n) is 7.29. The van der Waals surface area contributed by atoms with Crippen LogP contribution in [0.15, 0.2) is 54.7 Å². The Hall–Kier alpha value is -4.06. The number of nitrogens with one attached hydrogen (secondary N) is 1. The van der Waals surface area contributed by atoms with Crippen LogP contribution < -0.4 is 5.32 Å². The van der Waals surface area contributed by atoms with Gasteiger partial charge in [-0.3, -0.25) is 14.9 Å². The number of benzene rings is 2. The summed E-state index contributed by atoms with van der Waals surface area (Å²) < 4.78 is 14.4. The number of carbonyl (C=O) groups excluding carboxylic acids is 1. The van der Waals surface area contributed by atoms with Crippen molar-refractivity contribution in [3.8, 4) is 11.8 Å². The van der Waals surface area contributed by atoms with Gasteiger partial charge in [0.2, 0.25) is 0 Å². The van der Waals surface area contributed by atoms with Gasteiger partial charge in [0.05, 0.1) is 16.8 Å². The molecule has 3 rings (SSSR count). The van der Waals surface area contributed by atoms with E-state index in [1.54, 1.807) is 0 Å². The van der Waals surface area contributed by atoms with Gasteiger partial charge in [-0.1, -0.05) is 0 Å². The Morgan fingerprint density at radius 2 is 1.85 bits per heavy atom. The second kappa shape index (κ2) is 6.82. The maximum atomic E-state index is 13.1. The van der Waals surface area contributed by atoms with Crippen molar-refractivity contribution in [3.63, 3.8) is 0 Å². The lowest BCUT2D eigenvalue weighted by Gasteiger charge is -2.09. The fourth-order valence-corrected chi connectivity index (χ4v) is 2.24. The highest BCUT2D eigenvalue weighted by atomic mass is 19.1. The Labute approximate surface area is 146 Å². The smallest absolute Gasteiger partial charge is 0.269 e. The summed E-state index contributed by atoms with van der Waals surface area (Å²) >= 11 is 0. The summed E-state index contributed by atoms with van der Waals surface area (Å²) in [4.78, 5) is 22.5. The van der Waals surface area contributed by atoms with Gasteiger partial charge < -0.3 is 5.32 Å². The summed E-state index contributed by atoms with van der Waals surface area (Å²) in [6, 6.07) is 12.3. The Morgan fingerprint density at radius 1 is 1.19 bits per heavy atom. The molecule has 0 unspecified atom stereocenters. The molecule has 0 spiro atoms. The van der Waals surface area contributed by atoms with Crippen LogP contribution in [0.2, 0.25) is 0 Å². The fraction of sp³-hybridized carbons (Fsp3) is 0. The van der Waals surface area contributed by atoms with E-state index in [0.29, 0.717) is 5.69 Å². The normalized spacial score (nSPS) is 10.2. The zero-order chi connectivity index (χ0) is 18.7. The van der Waals surface area contributed by atoms with Crippen LogP contribution in [0, 0.1) is 27.3 Å². The van der Waals surface area contributed by atoms with E-state index in [4.69, 9.17) is 0 Å². The Morgan fingerprint density at radius 3 is 2.42 bits per heavy atom. The summed E-state index contributed by atoms with van der Waals surface area (Å²) in [5, 5.41) is 26.5. The highest BCUT2D eigenvalue weighted by molar-refractivity contribution is 6.04. The molecule has 0 aliphatic rings. The van der Waals surface area contributed by atoms with Gasteiger partial charge in [0, 0.05) is 17.7 Å². The predicted molar refractivity (Wildman–Crippen MR) is 89.3 cm³/mol. The lowest BCUT2D eigenvalue weighted by Crippen LogP contribution is -2.16. The van der Waals surface area contributed by atoms with Gasteiger partial charge in [-0.05, 0) is 36.4 Å². The number of carbonyl (C=O) groups is 1. The van der Waals surface area contributed by atoms with Crippen molar-refractivity contribution < 1.29 is 14.1 Å². The molecule has 0 fully saturated rings. The van der Waals surface area contributed by atoms with E-state index in [9.17, 15) is 24.6 Å². The molecule has 3 aromatic rings. The van der Waals surface area contributed by atoms with E-state index in [1.807, 2.05) is 6.07 Å². The van der Waals surface area contributed by atoms with Crippen LogP contribution in [0.4, 0.5) is 15.9 Å². The Balaban J connectivity index is 1.92. The molecule has 0 bridgehead atoms. The van der Waals surface area contributed by atoms with Gasteiger partial charge >= 0.3 is 0 Å². The number of nitro benzene ring substituents is 1. The molecule has 0 aliphatic carbocycles. The number of hydrogen-bond acceptors (Lipinski definition) is 5. The van der Waals surface area contributed by atoms with Crippen LogP contribution in [-0.4, -0.2) is 20.6 Å². The van der Waals surface area contributed by atoms with Gasteiger partial charge in [0.1, 0.15) is 17.4 Å². The summed E-state index contributed by atoms with van der Waals surface area (Å²) in [6.07, 6.45) is 1.27. The lowest BCUT2D eigenvalue weighted by atomic mass is 10.2. The minimum Gasteiger partial charge on any atom is -0.305 e. The molecule has 128 valence electrons. The first kappa shape index (κ1) is 16.8. The van der Waals surface area contributed by atoms with Gasteiger partial charge in [-0.25, -0.2) is 9.07 Å².